The van der Waals surface area contributed by atoms with Gasteiger partial charge in [-0.1, -0.05) is 36.4 Å². The van der Waals surface area contributed by atoms with Crippen molar-refractivity contribution >= 4 is 11.5 Å². The van der Waals surface area contributed by atoms with Gasteiger partial charge in [-0.15, -0.1) is 0 Å². The lowest BCUT2D eigenvalue weighted by Gasteiger charge is -1.96. The largest absolute Gasteiger partial charge is 0.430 e. The number of benzene rings is 1. The number of rotatable bonds is 0. The minimum absolute atomic E-state index is 0.536. The van der Waals surface area contributed by atoms with Crippen molar-refractivity contribution < 1.29 is 9.47 Å². The number of allylic oxidation sites excluding steroid dienone is 4. The Labute approximate surface area is 93.1 Å². The summed E-state index contributed by atoms with van der Waals surface area (Å²) in [4.78, 5) is 0. The first-order valence-corrected chi connectivity index (χ1v) is 5.11. The Bertz CT molecular complexity index is 571. The molecule has 2 nitrogen and oxygen atoms in total. The summed E-state index contributed by atoms with van der Waals surface area (Å²) in [7, 11) is 0. The third kappa shape index (κ3) is 1.54. The molecule has 3 rings (SSSR count). The maximum absolute atomic E-state index is 5.18. The SMILES string of the molecule is C1=CC(=c2ccc(=C3OC=CO3)cc2)C=C1. The van der Waals surface area contributed by atoms with E-state index in [1.165, 1.54) is 23.3 Å². The molecule has 78 valence electrons. The van der Waals surface area contributed by atoms with Crippen molar-refractivity contribution in [1.29, 1.82) is 0 Å². The number of ether oxygens (including phenoxy) is 2. The van der Waals surface area contributed by atoms with Crippen molar-refractivity contribution in [3.05, 3.63) is 71.5 Å². The molecule has 0 unspecified atom stereocenters. The molecule has 0 saturated carbocycles. The van der Waals surface area contributed by atoms with Crippen LogP contribution in [0.4, 0.5) is 0 Å². The lowest BCUT2D eigenvalue weighted by Crippen LogP contribution is -2.11. The van der Waals surface area contributed by atoms with Crippen LogP contribution in [0.15, 0.2) is 61.1 Å². The third-order valence-electron chi connectivity index (χ3n) is 2.52. The van der Waals surface area contributed by atoms with Gasteiger partial charge in [-0.05, 0) is 22.9 Å². The van der Waals surface area contributed by atoms with Gasteiger partial charge in [0.25, 0.3) is 5.95 Å². The number of hydrogen-bond donors (Lipinski definition) is 0. The molecule has 1 aliphatic carbocycles. The fraction of sp³-hybridized carbons (Fsp3) is 0. The highest BCUT2D eigenvalue weighted by Gasteiger charge is 2.03. The van der Waals surface area contributed by atoms with E-state index in [-0.39, 0.29) is 0 Å². The summed E-state index contributed by atoms with van der Waals surface area (Å²) in [6, 6.07) is 8.10. The topological polar surface area (TPSA) is 18.5 Å². The van der Waals surface area contributed by atoms with Crippen LogP contribution in [0.25, 0.3) is 11.5 Å². The summed E-state index contributed by atoms with van der Waals surface area (Å²) >= 11 is 0. The van der Waals surface area contributed by atoms with E-state index in [4.69, 9.17) is 9.47 Å². The van der Waals surface area contributed by atoms with Crippen LogP contribution in [-0.2, 0) is 9.47 Å². The molecular formula is C14H10O2. The van der Waals surface area contributed by atoms with Crippen LogP contribution >= 0.6 is 0 Å². The Hall–Kier alpha value is -2.22. The minimum Gasteiger partial charge on any atom is -0.430 e. The molecule has 0 atom stereocenters. The first-order valence-electron chi connectivity index (χ1n) is 5.11. The zero-order chi connectivity index (χ0) is 10.8. The van der Waals surface area contributed by atoms with Crippen LogP contribution < -0.4 is 10.4 Å². The smallest absolute Gasteiger partial charge is 0.296 e. The predicted molar refractivity (Wildman–Crippen MR) is 62.1 cm³/mol. The van der Waals surface area contributed by atoms with Gasteiger partial charge >= 0.3 is 0 Å². The Morgan fingerprint density at radius 3 is 1.88 bits per heavy atom. The summed E-state index contributed by atoms with van der Waals surface area (Å²) < 4.78 is 10.4. The van der Waals surface area contributed by atoms with Gasteiger partial charge in [0.1, 0.15) is 12.5 Å². The molecule has 16 heavy (non-hydrogen) atoms. The van der Waals surface area contributed by atoms with Crippen LogP contribution in [0.5, 0.6) is 0 Å². The van der Waals surface area contributed by atoms with Gasteiger partial charge in [-0.25, -0.2) is 0 Å². The van der Waals surface area contributed by atoms with Crippen LogP contribution in [0, 0.1) is 0 Å². The second-order valence-corrected chi connectivity index (χ2v) is 3.55. The van der Waals surface area contributed by atoms with Gasteiger partial charge in [0.15, 0.2) is 0 Å². The lowest BCUT2D eigenvalue weighted by molar-refractivity contribution is 0.303. The highest BCUT2D eigenvalue weighted by molar-refractivity contribution is 5.71. The van der Waals surface area contributed by atoms with Crippen molar-refractivity contribution in [2.24, 2.45) is 0 Å². The second kappa shape index (κ2) is 3.74. The van der Waals surface area contributed by atoms with E-state index in [0.29, 0.717) is 5.95 Å². The maximum atomic E-state index is 5.18. The molecule has 0 fully saturated rings. The van der Waals surface area contributed by atoms with Crippen molar-refractivity contribution in [2.45, 2.75) is 0 Å². The Morgan fingerprint density at radius 1 is 0.688 bits per heavy atom. The van der Waals surface area contributed by atoms with E-state index in [0.717, 1.165) is 5.22 Å². The molecule has 1 aromatic carbocycles. The molecule has 1 aliphatic heterocycles. The monoisotopic (exact) mass is 210 g/mol. The summed E-state index contributed by atoms with van der Waals surface area (Å²) in [5.74, 6) is 0.536. The second-order valence-electron chi connectivity index (χ2n) is 3.55. The fourth-order valence-electron chi connectivity index (χ4n) is 1.71. The van der Waals surface area contributed by atoms with Crippen molar-refractivity contribution in [2.75, 3.05) is 0 Å². The van der Waals surface area contributed by atoms with Crippen molar-refractivity contribution in [3.8, 4) is 0 Å². The van der Waals surface area contributed by atoms with Crippen molar-refractivity contribution in [1.82, 2.24) is 0 Å². The molecule has 0 bridgehead atoms. The van der Waals surface area contributed by atoms with E-state index in [1.54, 1.807) is 0 Å². The molecule has 2 aliphatic rings. The van der Waals surface area contributed by atoms with Crippen LogP contribution in [-0.4, -0.2) is 0 Å². The molecule has 0 spiro atoms. The summed E-state index contributed by atoms with van der Waals surface area (Å²) in [5.41, 5.74) is 1.22. The Kier molecular flexibility index (Phi) is 2.11. The van der Waals surface area contributed by atoms with Crippen LogP contribution in [0.3, 0.4) is 0 Å². The quantitative estimate of drug-likeness (QED) is 0.646. The average Bonchev–Trinajstić information content (AvgIpc) is 3.03. The predicted octanol–water partition coefficient (Wildman–Crippen LogP) is 1.55. The van der Waals surface area contributed by atoms with Gasteiger partial charge in [0, 0.05) is 0 Å². The van der Waals surface area contributed by atoms with Crippen molar-refractivity contribution in [3.63, 3.8) is 0 Å². The first-order chi connectivity index (χ1) is 7.93. The zero-order valence-electron chi connectivity index (χ0n) is 8.59. The van der Waals surface area contributed by atoms with Crippen LogP contribution in [0.1, 0.15) is 0 Å². The van der Waals surface area contributed by atoms with Gasteiger partial charge < -0.3 is 9.47 Å². The van der Waals surface area contributed by atoms with Gasteiger partial charge in [0.2, 0.25) is 0 Å². The minimum atomic E-state index is 0.536. The fourth-order valence-corrected chi connectivity index (χ4v) is 1.71. The third-order valence-corrected chi connectivity index (χ3v) is 2.52. The summed E-state index contributed by atoms with van der Waals surface area (Å²) in [6.07, 6.45) is 11.3. The van der Waals surface area contributed by atoms with Gasteiger partial charge in [0.05, 0.1) is 5.22 Å². The van der Waals surface area contributed by atoms with E-state index in [1.807, 2.05) is 24.3 Å². The zero-order valence-corrected chi connectivity index (χ0v) is 8.59. The van der Waals surface area contributed by atoms with Crippen LogP contribution in [0.2, 0.25) is 0 Å². The van der Waals surface area contributed by atoms with E-state index < -0.39 is 0 Å². The summed E-state index contributed by atoms with van der Waals surface area (Å²) in [6.45, 7) is 0. The van der Waals surface area contributed by atoms with E-state index in [2.05, 4.69) is 24.3 Å². The molecule has 0 saturated heterocycles. The molecule has 0 amide bonds. The standard InChI is InChI=1S/C14H10O2/c1-2-4-11(3-1)12-5-7-13(8-6-12)14-15-9-10-16-14/h1-10H. The maximum Gasteiger partial charge on any atom is 0.296 e. The average molecular weight is 210 g/mol. The lowest BCUT2D eigenvalue weighted by atomic mass is 10.2. The summed E-state index contributed by atoms with van der Waals surface area (Å²) in [5, 5.41) is 2.14. The molecule has 0 aromatic heterocycles. The molecule has 2 heteroatoms. The highest BCUT2D eigenvalue weighted by Crippen LogP contribution is 2.08. The van der Waals surface area contributed by atoms with Gasteiger partial charge in [-0.3, -0.25) is 0 Å². The van der Waals surface area contributed by atoms with Gasteiger partial charge in [-0.2, -0.15) is 0 Å². The molecule has 1 heterocycles. The number of hydrogen-bond acceptors (Lipinski definition) is 2. The normalized spacial score (nSPS) is 16.8. The Balaban J connectivity index is 2.10. The molecule has 1 aromatic rings. The molecule has 0 N–H and O–H groups in total. The van der Waals surface area contributed by atoms with E-state index >= 15 is 0 Å². The van der Waals surface area contributed by atoms with E-state index in [9.17, 15) is 0 Å². The molecular weight excluding hydrogens is 200 g/mol. The molecule has 0 radical (unpaired) electrons. The Morgan fingerprint density at radius 2 is 1.25 bits per heavy atom. The highest BCUT2D eigenvalue weighted by atomic mass is 16.7. The first kappa shape index (κ1) is 9.04.